The lowest BCUT2D eigenvalue weighted by atomic mass is 10.1. The van der Waals surface area contributed by atoms with Crippen LogP contribution in [0.15, 0.2) is 60.9 Å². The SMILES string of the molecule is CCc1ccccc1Nc1ncc(C(=O)Nc2cccc(Cl)c2)cn1. The van der Waals surface area contributed by atoms with E-state index >= 15 is 0 Å². The van der Waals surface area contributed by atoms with Crippen molar-refractivity contribution in [2.24, 2.45) is 0 Å². The molecule has 1 aromatic heterocycles. The number of carbonyl (C=O) groups excluding carboxylic acids is 1. The molecule has 0 aliphatic rings. The summed E-state index contributed by atoms with van der Waals surface area (Å²) in [5, 5.41) is 6.50. The van der Waals surface area contributed by atoms with E-state index in [1.54, 1.807) is 24.3 Å². The van der Waals surface area contributed by atoms with Gasteiger partial charge >= 0.3 is 0 Å². The van der Waals surface area contributed by atoms with Crippen molar-refractivity contribution in [1.82, 2.24) is 9.97 Å². The molecule has 0 saturated carbocycles. The van der Waals surface area contributed by atoms with Crippen LogP contribution >= 0.6 is 11.6 Å². The number of hydrogen-bond donors (Lipinski definition) is 2. The first-order valence-electron chi connectivity index (χ1n) is 7.89. The van der Waals surface area contributed by atoms with Crippen molar-refractivity contribution in [2.45, 2.75) is 13.3 Å². The van der Waals surface area contributed by atoms with Crippen molar-refractivity contribution in [3.63, 3.8) is 0 Å². The van der Waals surface area contributed by atoms with Gasteiger partial charge in [-0.25, -0.2) is 9.97 Å². The molecule has 2 aromatic carbocycles. The number of hydrogen-bond acceptors (Lipinski definition) is 4. The van der Waals surface area contributed by atoms with E-state index in [-0.39, 0.29) is 5.91 Å². The summed E-state index contributed by atoms with van der Waals surface area (Å²) in [7, 11) is 0. The Bertz CT molecular complexity index is 881. The van der Waals surface area contributed by atoms with Crippen LogP contribution in [0.25, 0.3) is 0 Å². The molecule has 0 radical (unpaired) electrons. The predicted molar refractivity (Wildman–Crippen MR) is 101 cm³/mol. The smallest absolute Gasteiger partial charge is 0.258 e. The van der Waals surface area contributed by atoms with Gasteiger partial charge in [-0.15, -0.1) is 0 Å². The van der Waals surface area contributed by atoms with Crippen molar-refractivity contribution in [3.8, 4) is 0 Å². The van der Waals surface area contributed by atoms with Crippen LogP contribution < -0.4 is 10.6 Å². The number of nitrogens with zero attached hydrogens (tertiary/aromatic N) is 2. The molecule has 1 heterocycles. The number of benzene rings is 2. The Morgan fingerprint density at radius 1 is 1.08 bits per heavy atom. The fourth-order valence-corrected chi connectivity index (χ4v) is 2.54. The van der Waals surface area contributed by atoms with Gasteiger partial charge in [0.2, 0.25) is 5.95 Å². The number of amides is 1. The molecule has 0 aliphatic carbocycles. The molecule has 0 aliphatic heterocycles. The molecule has 3 aromatic rings. The standard InChI is InChI=1S/C19H17ClN4O/c1-2-13-6-3-4-9-17(13)24-19-21-11-14(12-22-19)18(25)23-16-8-5-7-15(20)10-16/h3-12H,2H2,1H3,(H,23,25)(H,21,22,24). The summed E-state index contributed by atoms with van der Waals surface area (Å²) in [6.45, 7) is 2.09. The molecular weight excluding hydrogens is 336 g/mol. The first-order chi connectivity index (χ1) is 12.2. The molecule has 0 unspecified atom stereocenters. The number of halogens is 1. The first kappa shape index (κ1) is 16.9. The molecule has 5 nitrogen and oxygen atoms in total. The van der Waals surface area contributed by atoms with Crippen LogP contribution in [-0.4, -0.2) is 15.9 Å². The van der Waals surface area contributed by atoms with Crippen molar-refractivity contribution in [3.05, 3.63) is 77.1 Å². The first-order valence-corrected chi connectivity index (χ1v) is 8.27. The lowest BCUT2D eigenvalue weighted by Crippen LogP contribution is -2.13. The highest BCUT2D eigenvalue weighted by Crippen LogP contribution is 2.19. The Balaban J connectivity index is 1.70. The second-order valence-electron chi connectivity index (χ2n) is 5.40. The molecule has 1 amide bonds. The third-order valence-corrected chi connectivity index (χ3v) is 3.88. The molecule has 0 fully saturated rings. The van der Waals surface area contributed by atoms with Crippen LogP contribution in [0.1, 0.15) is 22.8 Å². The summed E-state index contributed by atoms with van der Waals surface area (Å²) < 4.78 is 0. The summed E-state index contributed by atoms with van der Waals surface area (Å²) in [4.78, 5) is 20.7. The molecule has 3 rings (SSSR count). The van der Waals surface area contributed by atoms with Crippen molar-refractivity contribution in [1.29, 1.82) is 0 Å². The van der Waals surface area contributed by atoms with Crippen molar-refractivity contribution < 1.29 is 4.79 Å². The zero-order valence-electron chi connectivity index (χ0n) is 13.7. The van der Waals surface area contributed by atoms with Crippen LogP contribution in [0.4, 0.5) is 17.3 Å². The third kappa shape index (κ3) is 4.33. The summed E-state index contributed by atoms with van der Waals surface area (Å²) in [6, 6.07) is 14.9. The minimum absolute atomic E-state index is 0.289. The quantitative estimate of drug-likeness (QED) is 0.699. The van der Waals surface area contributed by atoms with E-state index in [1.165, 1.54) is 18.0 Å². The number of carbonyl (C=O) groups is 1. The Morgan fingerprint density at radius 3 is 2.56 bits per heavy atom. The minimum atomic E-state index is -0.289. The number of aromatic nitrogens is 2. The monoisotopic (exact) mass is 352 g/mol. The number of nitrogens with one attached hydrogen (secondary N) is 2. The van der Waals surface area contributed by atoms with E-state index in [2.05, 4.69) is 33.6 Å². The summed E-state index contributed by atoms with van der Waals surface area (Å²) in [5.74, 6) is 0.156. The van der Waals surface area contributed by atoms with Crippen LogP contribution in [0.5, 0.6) is 0 Å². The maximum absolute atomic E-state index is 12.2. The van der Waals surface area contributed by atoms with Gasteiger partial charge in [0.25, 0.3) is 5.91 Å². The largest absolute Gasteiger partial charge is 0.324 e. The van der Waals surface area contributed by atoms with Gasteiger partial charge in [0.05, 0.1) is 5.56 Å². The van der Waals surface area contributed by atoms with Crippen molar-refractivity contribution in [2.75, 3.05) is 10.6 Å². The second kappa shape index (κ2) is 7.77. The zero-order chi connectivity index (χ0) is 17.6. The summed E-state index contributed by atoms with van der Waals surface area (Å²) >= 11 is 5.91. The maximum atomic E-state index is 12.2. The summed E-state index contributed by atoms with van der Waals surface area (Å²) in [6.07, 6.45) is 3.89. The molecule has 0 atom stereocenters. The minimum Gasteiger partial charge on any atom is -0.324 e. The average molecular weight is 353 g/mol. The van der Waals surface area contributed by atoms with Crippen LogP contribution in [0.3, 0.4) is 0 Å². The Labute approximate surface area is 151 Å². The average Bonchev–Trinajstić information content (AvgIpc) is 2.63. The number of para-hydroxylation sites is 1. The number of aryl methyl sites for hydroxylation is 1. The Morgan fingerprint density at radius 2 is 1.84 bits per heavy atom. The highest BCUT2D eigenvalue weighted by Gasteiger charge is 2.09. The highest BCUT2D eigenvalue weighted by atomic mass is 35.5. The molecule has 0 spiro atoms. The van der Waals surface area contributed by atoms with E-state index < -0.39 is 0 Å². The van der Waals surface area contributed by atoms with Gasteiger partial charge in [0.15, 0.2) is 0 Å². The van der Waals surface area contributed by atoms with E-state index in [9.17, 15) is 4.79 Å². The predicted octanol–water partition coefficient (Wildman–Crippen LogP) is 4.69. The molecule has 6 heteroatoms. The summed E-state index contributed by atoms with van der Waals surface area (Å²) in [5.41, 5.74) is 3.13. The third-order valence-electron chi connectivity index (χ3n) is 3.64. The molecule has 2 N–H and O–H groups in total. The maximum Gasteiger partial charge on any atom is 0.258 e. The number of anilines is 3. The van der Waals surface area contributed by atoms with Crippen LogP contribution in [-0.2, 0) is 6.42 Å². The fraction of sp³-hybridized carbons (Fsp3) is 0.105. The molecule has 126 valence electrons. The van der Waals surface area contributed by atoms with E-state index in [4.69, 9.17) is 11.6 Å². The van der Waals surface area contributed by atoms with Crippen molar-refractivity contribution >= 4 is 34.8 Å². The lowest BCUT2D eigenvalue weighted by Gasteiger charge is -2.10. The van der Waals surface area contributed by atoms with E-state index in [0.717, 1.165) is 12.1 Å². The number of rotatable bonds is 5. The lowest BCUT2D eigenvalue weighted by molar-refractivity contribution is 0.102. The fourth-order valence-electron chi connectivity index (χ4n) is 2.35. The molecular formula is C19H17ClN4O. The Hall–Kier alpha value is -2.92. The Kier molecular flexibility index (Phi) is 5.26. The van der Waals surface area contributed by atoms with Gasteiger partial charge in [0, 0.05) is 28.8 Å². The zero-order valence-corrected chi connectivity index (χ0v) is 14.4. The normalized spacial score (nSPS) is 10.3. The molecule has 0 saturated heterocycles. The second-order valence-corrected chi connectivity index (χ2v) is 5.83. The van der Waals surface area contributed by atoms with E-state index in [0.29, 0.717) is 22.2 Å². The highest BCUT2D eigenvalue weighted by molar-refractivity contribution is 6.30. The van der Waals surface area contributed by atoms with Gasteiger partial charge < -0.3 is 10.6 Å². The van der Waals surface area contributed by atoms with Gasteiger partial charge in [0.1, 0.15) is 0 Å². The van der Waals surface area contributed by atoms with Gasteiger partial charge in [-0.05, 0) is 36.2 Å². The topological polar surface area (TPSA) is 66.9 Å². The van der Waals surface area contributed by atoms with Crippen LogP contribution in [0, 0.1) is 0 Å². The van der Waals surface area contributed by atoms with E-state index in [1.807, 2.05) is 18.2 Å². The van der Waals surface area contributed by atoms with Gasteiger partial charge in [-0.1, -0.05) is 42.8 Å². The molecule has 25 heavy (non-hydrogen) atoms. The van der Waals surface area contributed by atoms with Gasteiger partial charge in [-0.2, -0.15) is 0 Å². The van der Waals surface area contributed by atoms with Crippen LogP contribution in [0.2, 0.25) is 5.02 Å². The molecule has 0 bridgehead atoms. The van der Waals surface area contributed by atoms with Gasteiger partial charge in [-0.3, -0.25) is 4.79 Å².